The average Bonchev–Trinajstić information content (AvgIpc) is 2.63. The number of aryl methyl sites for hydroxylation is 1. The van der Waals surface area contributed by atoms with E-state index in [1.54, 1.807) is 19.3 Å². The Kier molecular flexibility index (Phi) is 3.86. The van der Waals surface area contributed by atoms with Gasteiger partial charge in [0.15, 0.2) is 0 Å². The Hall–Kier alpha value is -1.83. The van der Waals surface area contributed by atoms with Crippen LogP contribution in [0.25, 0.3) is 0 Å². The van der Waals surface area contributed by atoms with Gasteiger partial charge in [0.05, 0.1) is 6.07 Å². The molecule has 1 aromatic rings. The van der Waals surface area contributed by atoms with Gasteiger partial charge in [0.25, 0.3) is 5.91 Å². The summed E-state index contributed by atoms with van der Waals surface area (Å²) in [6.07, 6.45) is 2.41. The lowest BCUT2D eigenvalue weighted by Gasteiger charge is -2.18. The fourth-order valence-corrected chi connectivity index (χ4v) is 1.35. The molecule has 0 N–H and O–H groups in total. The molecule has 5 heteroatoms. The number of amides is 1. The minimum absolute atomic E-state index is 0.123. The van der Waals surface area contributed by atoms with Crippen molar-refractivity contribution in [3.63, 3.8) is 0 Å². The number of aromatic nitrogens is 2. The third kappa shape index (κ3) is 2.56. The van der Waals surface area contributed by atoms with Crippen LogP contribution < -0.4 is 0 Å². The number of nitriles is 1. The Labute approximate surface area is 88.9 Å². The lowest BCUT2D eigenvalue weighted by Crippen LogP contribution is -2.33. The van der Waals surface area contributed by atoms with Crippen LogP contribution in [0.15, 0.2) is 12.3 Å². The maximum atomic E-state index is 11.9. The first-order valence-electron chi connectivity index (χ1n) is 4.85. The molecule has 0 radical (unpaired) electrons. The first-order valence-corrected chi connectivity index (χ1v) is 4.85. The zero-order valence-corrected chi connectivity index (χ0v) is 8.97. The van der Waals surface area contributed by atoms with Crippen molar-refractivity contribution in [2.75, 3.05) is 13.1 Å². The standard InChI is InChI=1S/C10H14N4O/c1-3-7-14(8-5-11)10(15)9-4-6-12-13(9)2/h4,6H,3,7-8H2,1-2H3. The van der Waals surface area contributed by atoms with Crippen LogP contribution in [0.2, 0.25) is 0 Å². The van der Waals surface area contributed by atoms with Gasteiger partial charge in [0.1, 0.15) is 12.2 Å². The van der Waals surface area contributed by atoms with Crippen LogP contribution in [0, 0.1) is 11.3 Å². The molecule has 1 aromatic heterocycles. The van der Waals surface area contributed by atoms with Gasteiger partial charge in [-0.15, -0.1) is 0 Å². The Morgan fingerprint density at radius 2 is 2.47 bits per heavy atom. The molecule has 0 spiro atoms. The van der Waals surface area contributed by atoms with Crippen LogP contribution in [-0.4, -0.2) is 33.7 Å². The SMILES string of the molecule is CCCN(CC#N)C(=O)c1ccnn1C. The van der Waals surface area contributed by atoms with E-state index in [4.69, 9.17) is 5.26 Å². The highest BCUT2D eigenvalue weighted by Gasteiger charge is 2.17. The van der Waals surface area contributed by atoms with E-state index in [2.05, 4.69) is 5.10 Å². The van der Waals surface area contributed by atoms with E-state index in [9.17, 15) is 4.79 Å². The molecular weight excluding hydrogens is 192 g/mol. The zero-order valence-electron chi connectivity index (χ0n) is 8.97. The van der Waals surface area contributed by atoms with E-state index >= 15 is 0 Å². The summed E-state index contributed by atoms with van der Waals surface area (Å²) in [5.74, 6) is -0.140. The second-order valence-corrected chi connectivity index (χ2v) is 3.22. The Morgan fingerprint density at radius 3 is 2.93 bits per heavy atom. The predicted octanol–water partition coefficient (Wildman–Crippen LogP) is 0.796. The van der Waals surface area contributed by atoms with Gasteiger partial charge in [-0.2, -0.15) is 10.4 Å². The van der Waals surface area contributed by atoms with Gasteiger partial charge in [-0.05, 0) is 12.5 Å². The smallest absolute Gasteiger partial charge is 0.272 e. The van der Waals surface area contributed by atoms with E-state index in [-0.39, 0.29) is 12.5 Å². The van der Waals surface area contributed by atoms with Crippen LogP contribution in [0.4, 0.5) is 0 Å². The minimum atomic E-state index is -0.140. The molecule has 0 aliphatic carbocycles. The lowest BCUT2D eigenvalue weighted by atomic mass is 10.3. The molecule has 0 saturated heterocycles. The topological polar surface area (TPSA) is 61.9 Å². The summed E-state index contributed by atoms with van der Waals surface area (Å²) in [4.78, 5) is 13.4. The van der Waals surface area contributed by atoms with Gasteiger partial charge in [-0.1, -0.05) is 6.92 Å². The summed E-state index contributed by atoms with van der Waals surface area (Å²) >= 11 is 0. The summed E-state index contributed by atoms with van der Waals surface area (Å²) in [5.41, 5.74) is 0.513. The maximum absolute atomic E-state index is 11.9. The first-order chi connectivity index (χ1) is 7.20. The molecular formula is C10H14N4O. The van der Waals surface area contributed by atoms with Crippen molar-refractivity contribution in [1.29, 1.82) is 5.26 Å². The van der Waals surface area contributed by atoms with Gasteiger partial charge in [0, 0.05) is 19.8 Å². The van der Waals surface area contributed by atoms with E-state index in [0.717, 1.165) is 6.42 Å². The fourth-order valence-electron chi connectivity index (χ4n) is 1.35. The van der Waals surface area contributed by atoms with Crippen molar-refractivity contribution < 1.29 is 4.79 Å². The monoisotopic (exact) mass is 206 g/mol. The second-order valence-electron chi connectivity index (χ2n) is 3.22. The van der Waals surface area contributed by atoms with Crippen LogP contribution in [0.1, 0.15) is 23.8 Å². The van der Waals surface area contributed by atoms with Crippen molar-refractivity contribution >= 4 is 5.91 Å². The first kappa shape index (κ1) is 11.2. The van der Waals surface area contributed by atoms with E-state index in [1.165, 1.54) is 9.58 Å². The Balaban J connectivity index is 2.81. The molecule has 0 aromatic carbocycles. The third-order valence-electron chi connectivity index (χ3n) is 2.08. The van der Waals surface area contributed by atoms with Gasteiger partial charge < -0.3 is 4.90 Å². The molecule has 5 nitrogen and oxygen atoms in total. The molecule has 15 heavy (non-hydrogen) atoms. The van der Waals surface area contributed by atoms with E-state index in [0.29, 0.717) is 12.2 Å². The van der Waals surface area contributed by atoms with Crippen LogP contribution in [-0.2, 0) is 7.05 Å². The maximum Gasteiger partial charge on any atom is 0.272 e. The molecule has 1 heterocycles. The summed E-state index contributed by atoms with van der Waals surface area (Å²) in [7, 11) is 1.71. The van der Waals surface area contributed by atoms with Crippen molar-refractivity contribution in [1.82, 2.24) is 14.7 Å². The molecule has 1 amide bonds. The van der Waals surface area contributed by atoms with Crippen molar-refractivity contribution in [3.8, 4) is 6.07 Å². The second kappa shape index (κ2) is 5.15. The number of rotatable bonds is 4. The largest absolute Gasteiger partial charge is 0.324 e. The highest BCUT2D eigenvalue weighted by molar-refractivity contribution is 5.92. The van der Waals surface area contributed by atoms with E-state index in [1.807, 2.05) is 13.0 Å². The van der Waals surface area contributed by atoms with Gasteiger partial charge >= 0.3 is 0 Å². The van der Waals surface area contributed by atoms with Crippen molar-refractivity contribution in [2.45, 2.75) is 13.3 Å². The predicted molar refractivity (Wildman–Crippen MR) is 55.0 cm³/mol. The summed E-state index contributed by atoms with van der Waals surface area (Å²) in [6.45, 7) is 2.69. The van der Waals surface area contributed by atoms with Crippen LogP contribution >= 0.6 is 0 Å². The number of hydrogen-bond acceptors (Lipinski definition) is 3. The number of carbonyl (C=O) groups excluding carboxylic acids is 1. The summed E-state index contributed by atoms with van der Waals surface area (Å²) in [5, 5.41) is 12.5. The molecule has 0 bridgehead atoms. The number of carbonyl (C=O) groups is 1. The zero-order chi connectivity index (χ0) is 11.3. The quantitative estimate of drug-likeness (QED) is 0.684. The molecule has 0 fully saturated rings. The molecule has 80 valence electrons. The highest BCUT2D eigenvalue weighted by Crippen LogP contribution is 2.03. The Bertz CT molecular complexity index is 377. The highest BCUT2D eigenvalue weighted by atomic mass is 16.2. The van der Waals surface area contributed by atoms with Crippen molar-refractivity contribution in [2.24, 2.45) is 7.05 Å². The van der Waals surface area contributed by atoms with Gasteiger partial charge in [0.2, 0.25) is 0 Å². The number of hydrogen-bond donors (Lipinski definition) is 0. The summed E-state index contributed by atoms with van der Waals surface area (Å²) in [6, 6.07) is 3.65. The molecule has 0 aliphatic rings. The van der Waals surface area contributed by atoms with Crippen molar-refractivity contribution in [3.05, 3.63) is 18.0 Å². The average molecular weight is 206 g/mol. The summed E-state index contributed by atoms with van der Waals surface area (Å²) < 4.78 is 1.52. The fraction of sp³-hybridized carbons (Fsp3) is 0.500. The minimum Gasteiger partial charge on any atom is -0.324 e. The molecule has 0 unspecified atom stereocenters. The normalized spacial score (nSPS) is 9.67. The lowest BCUT2D eigenvalue weighted by molar-refractivity contribution is 0.0765. The number of nitrogens with zero attached hydrogens (tertiary/aromatic N) is 4. The molecule has 0 saturated carbocycles. The van der Waals surface area contributed by atoms with Gasteiger partial charge in [-0.3, -0.25) is 9.48 Å². The third-order valence-corrected chi connectivity index (χ3v) is 2.08. The van der Waals surface area contributed by atoms with Gasteiger partial charge in [-0.25, -0.2) is 0 Å². The Morgan fingerprint density at radius 1 is 1.73 bits per heavy atom. The molecule has 1 rings (SSSR count). The molecule has 0 aliphatic heterocycles. The van der Waals surface area contributed by atoms with Crippen LogP contribution in [0.5, 0.6) is 0 Å². The van der Waals surface area contributed by atoms with E-state index < -0.39 is 0 Å². The van der Waals surface area contributed by atoms with Crippen LogP contribution in [0.3, 0.4) is 0 Å². The molecule has 0 atom stereocenters.